The van der Waals surface area contributed by atoms with Crippen molar-refractivity contribution in [1.29, 1.82) is 0 Å². The van der Waals surface area contributed by atoms with Crippen LogP contribution in [0.1, 0.15) is 12.8 Å². The minimum atomic E-state index is -0.304. The molecule has 2 aliphatic heterocycles. The average molecular weight is 185 g/mol. The normalized spacial score (nSPS) is 38.4. The maximum Gasteiger partial charge on any atom is 0.261 e. The summed E-state index contributed by atoms with van der Waals surface area (Å²) in [5.41, 5.74) is 1.76. The highest BCUT2D eigenvalue weighted by atomic mass is 16.5. The minimum Gasteiger partial charge on any atom is -0.316 e. The van der Waals surface area contributed by atoms with Crippen molar-refractivity contribution in [2.45, 2.75) is 18.9 Å². The van der Waals surface area contributed by atoms with E-state index in [2.05, 4.69) is 10.6 Å². The Labute approximate surface area is 76.8 Å². The van der Waals surface area contributed by atoms with Gasteiger partial charge in [0, 0.05) is 12.0 Å². The first-order valence-corrected chi connectivity index (χ1v) is 4.67. The van der Waals surface area contributed by atoms with E-state index < -0.39 is 0 Å². The Hall–Kier alpha value is -0.650. The number of carbonyl (C=O) groups is 1. The van der Waals surface area contributed by atoms with E-state index in [9.17, 15) is 4.79 Å². The third kappa shape index (κ3) is 1.33. The number of carbonyl (C=O) groups excluding carboxylic acids is 1. The van der Waals surface area contributed by atoms with Crippen LogP contribution in [-0.2, 0) is 4.79 Å². The second-order valence-corrected chi connectivity index (χ2v) is 3.90. The van der Waals surface area contributed by atoms with Gasteiger partial charge in [-0.2, -0.15) is 0 Å². The summed E-state index contributed by atoms with van der Waals surface area (Å²) >= 11 is 0. The standard InChI is InChI=1S/C8H15N3O2/c12-7(11-13)6-8(2-4-10-6)1-3-9-5-8/h6,9-10,13H,1-5H2,(H,11,12). The molecule has 5 heteroatoms. The fourth-order valence-corrected chi connectivity index (χ4v) is 2.48. The molecule has 0 aliphatic carbocycles. The van der Waals surface area contributed by atoms with Gasteiger partial charge in [0.15, 0.2) is 0 Å². The van der Waals surface area contributed by atoms with Crippen LogP contribution in [0.4, 0.5) is 0 Å². The summed E-state index contributed by atoms with van der Waals surface area (Å²) in [6.07, 6.45) is 2.02. The van der Waals surface area contributed by atoms with E-state index in [0.29, 0.717) is 0 Å². The average Bonchev–Trinajstić information content (AvgIpc) is 2.76. The maximum absolute atomic E-state index is 11.3. The molecule has 13 heavy (non-hydrogen) atoms. The molecule has 0 aromatic carbocycles. The van der Waals surface area contributed by atoms with Gasteiger partial charge in [-0.05, 0) is 25.9 Å². The summed E-state index contributed by atoms with van der Waals surface area (Å²) < 4.78 is 0. The molecule has 0 aromatic rings. The summed E-state index contributed by atoms with van der Waals surface area (Å²) in [6.45, 7) is 2.70. The fourth-order valence-electron chi connectivity index (χ4n) is 2.48. The molecule has 2 saturated heterocycles. The number of nitrogens with one attached hydrogen (secondary N) is 3. The van der Waals surface area contributed by atoms with Gasteiger partial charge in [-0.15, -0.1) is 0 Å². The smallest absolute Gasteiger partial charge is 0.261 e. The van der Waals surface area contributed by atoms with Crippen LogP contribution in [0.15, 0.2) is 0 Å². The van der Waals surface area contributed by atoms with Gasteiger partial charge in [0.25, 0.3) is 5.91 Å². The molecule has 0 aromatic heterocycles. The van der Waals surface area contributed by atoms with Crippen LogP contribution < -0.4 is 16.1 Å². The van der Waals surface area contributed by atoms with Gasteiger partial charge in [-0.3, -0.25) is 10.0 Å². The topological polar surface area (TPSA) is 73.4 Å². The molecule has 0 radical (unpaired) electrons. The Balaban J connectivity index is 2.13. The van der Waals surface area contributed by atoms with Crippen molar-refractivity contribution in [2.75, 3.05) is 19.6 Å². The third-order valence-corrected chi connectivity index (χ3v) is 3.23. The Bertz CT molecular complexity index is 208. The minimum absolute atomic E-state index is 0.0345. The summed E-state index contributed by atoms with van der Waals surface area (Å²) in [5, 5.41) is 15.0. The number of rotatable bonds is 1. The van der Waals surface area contributed by atoms with Gasteiger partial charge in [0.1, 0.15) is 0 Å². The van der Waals surface area contributed by atoms with Gasteiger partial charge < -0.3 is 10.6 Å². The first-order chi connectivity index (χ1) is 6.28. The molecule has 4 N–H and O–H groups in total. The summed E-state index contributed by atoms with van der Waals surface area (Å²) in [4.78, 5) is 11.3. The molecule has 2 atom stereocenters. The first kappa shape index (κ1) is 8.93. The molecule has 74 valence electrons. The van der Waals surface area contributed by atoms with Crippen LogP contribution in [0.3, 0.4) is 0 Å². The Kier molecular flexibility index (Phi) is 2.23. The van der Waals surface area contributed by atoms with E-state index in [1.807, 2.05) is 0 Å². The lowest BCUT2D eigenvalue weighted by Gasteiger charge is -2.27. The molecule has 2 rings (SSSR count). The van der Waals surface area contributed by atoms with Crippen molar-refractivity contribution in [3.63, 3.8) is 0 Å². The molecular formula is C8H15N3O2. The number of amides is 1. The van der Waals surface area contributed by atoms with Crippen molar-refractivity contribution in [3.8, 4) is 0 Å². The highest BCUT2D eigenvalue weighted by molar-refractivity contribution is 5.82. The zero-order valence-electron chi connectivity index (χ0n) is 7.47. The highest BCUT2D eigenvalue weighted by Crippen LogP contribution is 2.37. The molecular weight excluding hydrogens is 170 g/mol. The molecule has 1 amide bonds. The predicted molar refractivity (Wildman–Crippen MR) is 46.3 cm³/mol. The van der Waals surface area contributed by atoms with Gasteiger partial charge >= 0.3 is 0 Å². The van der Waals surface area contributed by atoms with Crippen molar-refractivity contribution in [3.05, 3.63) is 0 Å². The quantitative estimate of drug-likeness (QED) is 0.307. The summed E-state index contributed by atoms with van der Waals surface area (Å²) in [7, 11) is 0. The van der Waals surface area contributed by atoms with Crippen LogP contribution >= 0.6 is 0 Å². The lowest BCUT2D eigenvalue weighted by atomic mass is 9.79. The summed E-state index contributed by atoms with van der Waals surface area (Å²) in [6, 6.07) is -0.229. The lowest BCUT2D eigenvalue weighted by Crippen LogP contribution is -2.49. The van der Waals surface area contributed by atoms with Crippen molar-refractivity contribution >= 4 is 5.91 Å². The number of hydroxylamine groups is 1. The molecule has 2 heterocycles. The van der Waals surface area contributed by atoms with Crippen LogP contribution in [0.2, 0.25) is 0 Å². The van der Waals surface area contributed by atoms with E-state index >= 15 is 0 Å². The monoisotopic (exact) mass is 185 g/mol. The van der Waals surface area contributed by atoms with Gasteiger partial charge in [0.05, 0.1) is 6.04 Å². The van der Waals surface area contributed by atoms with Crippen LogP contribution in [-0.4, -0.2) is 36.8 Å². The van der Waals surface area contributed by atoms with E-state index in [4.69, 9.17) is 5.21 Å². The van der Waals surface area contributed by atoms with Crippen molar-refractivity contribution in [1.82, 2.24) is 16.1 Å². The summed E-state index contributed by atoms with van der Waals surface area (Å²) in [5.74, 6) is -0.304. The Morgan fingerprint density at radius 2 is 2.23 bits per heavy atom. The molecule has 2 unspecified atom stereocenters. The van der Waals surface area contributed by atoms with Crippen LogP contribution in [0.25, 0.3) is 0 Å². The maximum atomic E-state index is 11.3. The molecule has 5 nitrogen and oxygen atoms in total. The van der Waals surface area contributed by atoms with E-state index in [1.54, 1.807) is 5.48 Å². The van der Waals surface area contributed by atoms with Gasteiger partial charge in [-0.1, -0.05) is 0 Å². The predicted octanol–water partition coefficient (Wildman–Crippen LogP) is -1.17. The highest BCUT2D eigenvalue weighted by Gasteiger charge is 2.48. The SMILES string of the molecule is O=C(NO)C1NCCC12CCNC2. The fraction of sp³-hybridized carbons (Fsp3) is 0.875. The molecule has 1 spiro atoms. The first-order valence-electron chi connectivity index (χ1n) is 4.67. The largest absolute Gasteiger partial charge is 0.316 e. The lowest BCUT2D eigenvalue weighted by molar-refractivity contribution is -0.133. The van der Waals surface area contributed by atoms with Crippen LogP contribution in [0.5, 0.6) is 0 Å². The zero-order chi connectivity index (χ0) is 9.31. The van der Waals surface area contributed by atoms with Crippen molar-refractivity contribution < 1.29 is 10.0 Å². The molecule has 0 bridgehead atoms. The van der Waals surface area contributed by atoms with Gasteiger partial charge in [-0.25, -0.2) is 5.48 Å². The molecule has 0 saturated carbocycles. The second-order valence-electron chi connectivity index (χ2n) is 3.90. The molecule has 2 aliphatic rings. The van der Waals surface area contributed by atoms with E-state index in [-0.39, 0.29) is 17.4 Å². The molecule has 2 fully saturated rings. The number of hydrogen-bond donors (Lipinski definition) is 4. The second kappa shape index (κ2) is 3.25. The van der Waals surface area contributed by atoms with Crippen molar-refractivity contribution in [2.24, 2.45) is 5.41 Å². The van der Waals surface area contributed by atoms with Crippen LogP contribution in [0, 0.1) is 5.41 Å². The Morgan fingerprint density at radius 1 is 1.46 bits per heavy atom. The van der Waals surface area contributed by atoms with E-state index in [0.717, 1.165) is 32.5 Å². The van der Waals surface area contributed by atoms with E-state index in [1.165, 1.54) is 0 Å². The number of hydrogen-bond acceptors (Lipinski definition) is 4. The third-order valence-electron chi connectivity index (χ3n) is 3.23. The zero-order valence-corrected chi connectivity index (χ0v) is 7.47. The van der Waals surface area contributed by atoms with Gasteiger partial charge in [0.2, 0.25) is 0 Å². The Morgan fingerprint density at radius 3 is 2.85 bits per heavy atom.